The van der Waals surface area contributed by atoms with Crippen molar-refractivity contribution in [1.82, 2.24) is 4.90 Å². The van der Waals surface area contributed by atoms with Crippen LogP contribution in [0.1, 0.15) is 33.3 Å². The van der Waals surface area contributed by atoms with E-state index in [1.165, 1.54) is 16.3 Å². The van der Waals surface area contributed by atoms with Gasteiger partial charge in [-0.3, -0.25) is 5.41 Å². The third-order valence-electron chi connectivity index (χ3n) is 3.69. The Morgan fingerprint density at radius 3 is 2.54 bits per heavy atom. The molecule has 124 valence electrons. The number of allylic oxidation sites excluding steroid dienone is 1. The van der Waals surface area contributed by atoms with E-state index < -0.39 is 0 Å². The minimum atomic E-state index is 0.0183. The van der Waals surface area contributed by atoms with Crippen LogP contribution in [-0.4, -0.2) is 17.3 Å². The van der Waals surface area contributed by atoms with Gasteiger partial charge in [0.25, 0.3) is 0 Å². The van der Waals surface area contributed by atoms with E-state index in [0.29, 0.717) is 12.4 Å². The third-order valence-corrected chi connectivity index (χ3v) is 3.69. The van der Waals surface area contributed by atoms with Crippen molar-refractivity contribution < 1.29 is 0 Å². The molecular weight excluding hydrogens is 292 g/mol. The van der Waals surface area contributed by atoms with Crippen molar-refractivity contribution in [3.63, 3.8) is 0 Å². The van der Waals surface area contributed by atoms with Crippen LogP contribution in [0.25, 0.3) is 10.8 Å². The molecule has 0 bridgehead atoms. The number of hydrogen-bond acceptors (Lipinski definition) is 1. The van der Waals surface area contributed by atoms with Gasteiger partial charge in [0, 0.05) is 18.5 Å². The Bertz CT molecular complexity index is 793. The first-order valence-corrected chi connectivity index (χ1v) is 8.31. The standard InChI is InChI=1S/C22H26N2/c1-18(23)24(16-9-5-8-15-22(2,3)4)17-20-13-10-12-19-11-6-7-14-21(19)20/h5-7,9-14,23H,16-17H2,1-4H3/b9-5+,23-18?. The van der Waals surface area contributed by atoms with Crippen LogP contribution < -0.4 is 0 Å². The summed E-state index contributed by atoms with van der Waals surface area (Å²) in [5, 5.41) is 10.5. The van der Waals surface area contributed by atoms with Crippen molar-refractivity contribution >= 4 is 16.6 Å². The predicted molar refractivity (Wildman–Crippen MR) is 104 cm³/mol. The van der Waals surface area contributed by atoms with E-state index in [4.69, 9.17) is 5.41 Å². The zero-order valence-corrected chi connectivity index (χ0v) is 15.1. The summed E-state index contributed by atoms with van der Waals surface area (Å²) in [6, 6.07) is 14.7. The van der Waals surface area contributed by atoms with Gasteiger partial charge in [-0.15, -0.1) is 0 Å². The molecule has 0 radical (unpaired) electrons. The maximum absolute atomic E-state index is 8.04. The second kappa shape index (κ2) is 7.84. The fourth-order valence-corrected chi connectivity index (χ4v) is 2.45. The fraction of sp³-hybridized carbons (Fsp3) is 0.318. The average molecular weight is 318 g/mol. The first-order chi connectivity index (χ1) is 11.4. The SMILES string of the molecule is CC(=N)N(C/C=C/C#CC(C)(C)C)Cc1cccc2ccccc12. The lowest BCUT2D eigenvalue weighted by Crippen LogP contribution is -2.27. The summed E-state index contributed by atoms with van der Waals surface area (Å²) in [6.07, 6.45) is 3.92. The summed E-state index contributed by atoms with van der Waals surface area (Å²) in [4.78, 5) is 2.05. The normalized spacial score (nSPS) is 11.3. The van der Waals surface area contributed by atoms with Gasteiger partial charge in [-0.2, -0.15) is 0 Å². The zero-order chi connectivity index (χ0) is 17.6. The van der Waals surface area contributed by atoms with Gasteiger partial charge in [0.05, 0.1) is 5.84 Å². The monoisotopic (exact) mass is 318 g/mol. The molecule has 0 aromatic heterocycles. The van der Waals surface area contributed by atoms with Crippen molar-refractivity contribution in [2.24, 2.45) is 5.41 Å². The van der Waals surface area contributed by atoms with E-state index in [9.17, 15) is 0 Å². The lowest BCUT2D eigenvalue weighted by Gasteiger charge is -2.22. The Morgan fingerprint density at radius 1 is 1.12 bits per heavy atom. The van der Waals surface area contributed by atoms with Gasteiger partial charge in [-0.1, -0.05) is 60.4 Å². The topological polar surface area (TPSA) is 27.1 Å². The summed E-state index contributed by atoms with van der Waals surface area (Å²) in [6.45, 7) is 9.55. The molecule has 0 aliphatic heterocycles. The molecule has 2 nitrogen and oxygen atoms in total. The second-order valence-corrected chi connectivity index (χ2v) is 7.03. The summed E-state index contributed by atoms with van der Waals surface area (Å²) < 4.78 is 0. The molecule has 1 N–H and O–H groups in total. The molecule has 0 saturated carbocycles. The Kier molecular flexibility index (Phi) is 5.82. The number of fused-ring (bicyclic) bond motifs is 1. The van der Waals surface area contributed by atoms with Crippen LogP contribution in [0.2, 0.25) is 0 Å². The van der Waals surface area contributed by atoms with Gasteiger partial charge < -0.3 is 4.90 Å². The fourth-order valence-electron chi connectivity index (χ4n) is 2.45. The minimum Gasteiger partial charge on any atom is -0.353 e. The average Bonchev–Trinajstić information content (AvgIpc) is 2.52. The maximum atomic E-state index is 8.04. The van der Waals surface area contributed by atoms with E-state index in [1.54, 1.807) is 0 Å². The largest absolute Gasteiger partial charge is 0.353 e. The molecule has 0 saturated heterocycles. The number of nitrogens with zero attached hydrogens (tertiary/aromatic N) is 1. The molecule has 0 fully saturated rings. The zero-order valence-electron chi connectivity index (χ0n) is 15.1. The predicted octanol–water partition coefficient (Wildman–Crippen LogP) is 5.24. The summed E-state index contributed by atoms with van der Waals surface area (Å²) in [5.41, 5.74) is 1.26. The molecule has 2 heteroatoms. The molecule has 0 aliphatic carbocycles. The van der Waals surface area contributed by atoms with Gasteiger partial charge in [0.1, 0.15) is 0 Å². The van der Waals surface area contributed by atoms with Gasteiger partial charge in [-0.05, 0) is 50.1 Å². The quantitative estimate of drug-likeness (QED) is 0.465. The Hall–Kier alpha value is -2.53. The highest BCUT2D eigenvalue weighted by Gasteiger charge is 2.07. The smallest absolute Gasteiger partial charge is 0.0931 e. The van der Waals surface area contributed by atoms with E-state index in [0.717, 1.165) is 6.54 Å². The van der Waals surface area contributed by atoms with Crippen LogP contribution in [-0.2, 0) is 6.54 Å². The van der Waals surface area contributed by atoms with Crippen LogP contribution >= 0.6 is 0 Å². The van der Waals surface area contributed by atoms with Crippen LogP contribution in [0.15, 0.2) is 54.6 Å². The molecule has 0 spiro atoms. The first-order valence-electron chi connectivity index (χ1n) is 8.31. The summed E-state index contributed by atoms with van der Waals surface area (Å²) in [5.74, 6) is 6.84. The van der Waals surface area contributed by atoms with Crippen LogP contribution in [0.4, 0.5) is 0 Å². The third kappa shape index (κ3) is 5.28. The van der Waals surface area contributed by atoms with Crippen molar-refractivity contribution in [2.45, 2.75) is 34.2 Å². The van der Waals surface area contributed by atoms with Gasteiger partial charge in [0.15, 0.2) is 0 Å². The molecule has 2 aromatic rings. The highest BCUT2D eigenvalue weighted by atomic mass is 15.2. The molecule has 24 heavy (non-hydrogen) atoms. The lowest BCUT2D eigenvalue weighted by atomic mass is 9.98. The number of hydrogen-bond donors (Lipinski definition) is 1. The van der Waals surface area contributed by atoms with Crippen molar-refractivity contribution in [2.75, 3.05) is 6.54 Å². The molecular formula is C22H26N2. The van der Waals surface area contributed by atoms with Crippen molar-refractivity contribution in [3.05, 3.63) is 60.2 Å². The first kappa shape index (κ1) is 17.8. The van der Waals surface area contributed by atoms with Gasteiger partial charge >= 0.3 is 0 Å². The van der Waals surface area contributed by atoms with E-state index in [2.05, 4.69) is 80.0 Å². The van der Waals surface area contributed by atoms with Crippen molar-refractivity contribution in [3.8, 4) is 11.8 Å². The number of amidine groups is 1. The highest BCUT2D eigenvalue weighted by Crippen LogP contribution is 2.20. The minimum absolute atomic E-state index is 0.0183. The van der Waals surface area contributed by atoms with E-state index >= 15 is 0 Å². The number of nitrogens with one attached hydrogen (secondary N) is 1. The molecule has 2 aromatic carbocycles. The summed E-state index contributed by atoms with van der Waals surface area (Å²) >= 11 is 0. The highest BCUT2D eigenvalue weighted by molar-refractivity contribution is 5.86. The van der Waals surface area contributed by atoms with E-state index in [1.807, 2.05) is 19.1 Å². The maximum Gasteiger partial charge on any atom is 0.0931 e. The molecule has 0 heterocycles. The number of benzene rings is 2. The Labute approximate surface area is 145 Å². The molecule has 0 unspecified atom stereocenters. The Balaban J connectivity index is 2.12. The molecule has 2 rings (SSSR count). The molecule has 0 aliphatic rings. The van der Waals surface area contributed by atoms with Crippen molar-refractivity contribution in [1.29, 1.82) is 5.41 Å². The number of rotatable bonds is 4. The molecule has 0 atom stereocenters. The summed E-state index contributed by atoms with van der Waals surface area (Å²) in [7, 11) is 0. The Morgan fingerprint density at radius 2 is 1.83 bits per heavy atom. The van der Waals surface area contributed by atoms with E-state index in [-0.39, 0.29) is 5.41 Å². The van der Waals surface area contributed by atoms with Gasteiger partial charge in [-0.25, -0.2) is 0 Å². The van der Waals surface area contributed by atoms with Crippen LogP contribution in [0.5, 0.6) is 0 Å². The molecule has 0 amide bonds. The van der Waals surface area contributed by atoms with Crippen LogP contribution in [0.3, 0.4) is 0 Å². The lowest BCUT2D eigenvalue weighted by molar-refractivity contribution is 0.452. The second-order valence-electron chi connectivity index (χ2n) is 7.03. The van der Waals surface area contributed by atoms with Gasteiger partial charge in [0.2, 0.25) is 0 Å². The van der Waals surface area contributed by atoms with Crippen LogP contribution in [0, 0.1) is 22.7 Å².